The van der Waals surface area contributed by atoms with Gasteiger partial charge in [-0.15, -0.1) is 11.3 Å². The van der Waals surface area contributed by atoms with Gasteiger partial charge >= 0.3 is 0 Å². The van der Waals surface area contributed by atoms with Crippen LogP contribution < -0.4 is 10.1 Å². The van der Waals surface area contributed by atoms with Gasteiger partial charge in [0.25, 0.3) is 5.91 Å². The number of nitrogens with zero attached hydrogens (tertiary/aromatic N) is 2. The number of aromatic nitrogens is 2. The summed E-state index contributed by atoms with van der Waals surface area (Å²) in [6.07, 6.45) is 1.68. The molecule has 0 unspecified atom stereocenters. The first-order valence-electron chi connectivity index (χ1n) is 9.66. The van der Waals surface area contributed by atoms with Gasteiger partial charge in [0.2, 0.25) is 10.0 Å². The van der Waals surface area contributed by atoms with E-state index in [9.17, 15) is 13.2 Å². The lowest BCUT2D eigenvalue weighted by Gasteiger charge is -2.19. The number of sulfonamides is 1. The summed E-state index contributed by atoms with van der Waals surface area (Å²) in [6.45, 7) is 3.12. The summed E-state index contributed by atoms with van der Waals surface area (Å²) in [7, 11) is -3.70. The van der Waals surface area contributed by atoms with Gasteiger partial charge in [-0.05, 0) is 55.5 Å². The number of anilines is 1. The molecule has 3 aromatic rings. The van der Waals surface area contributed by atoms with E-state index < -0.39 is 15.9 Å². The molecule has 8 nitrogen and oxygen atoms in total. The fourth-order valence-electron chi connectivity index (χ4n) is 3.32. The van der Waals surface area contributed by atoms with Crippen LogP contribution in [0.25, 0.3) is 10.6 Å². The molecule has 1 fully saturated rings. The molecule has 2 aromatic heterocycles. The first kappa shape index (κ1) is 20.6. The Morgan fingerprint density at radius 2 is 2.07 bits per heavy atom. The Morgan fingerprint density at radius 3 is 2.77 bits per heavy atom. The van der Waals surface area contributed by atoms with E-state index in [0.29, 0.717) is 25.4 Å². The van der Waals surface area contributed by atoms with Crippen LogP contribution in [-0.2, 0) is 10.0 Å². The molecule has 0 saturated carbocycles. The lowest BCUT2D eigenvalue weighted by molar-refractivity contribution is 0.102. The summed E-state index contributed by atoms with van der Waals surface area (Å²) in [4.78, 5) is 13.7. The number of carbonyl (C=O) groups is 1. The highest BCUT2D eigenvalue weighted by Crippen LogP contribution is 2.32. The van der Waals surface area contributed by atoms with E-state index in [1.165, 1.54) is 21.7 Å². The SMILES string of the molecule is CCOc1ccc(NC(=O)c2cc(-c3cccs3)[nH]n2)cc1S(=O)(=O)N1CCCC1. The summed E-state index contributed by atoms with van der Waals surface area (Å²) in [6, 6.07) is 10.2. The molecule has 10 heteroatoms. The highest BCUT2D eigenvalue weighted by molar-refractivity contribution is 7.89. The maximum Gasteiger partial charge on any atom is 0.276 e. The van der Waals surface area contributed by atoms with Crippen LogP contribution >= 0.6 is 11.3 Å². The van der Waals surface area contributed by atoms with Crippen LogP contribution in [0.2, 0.25) is 0 Å². The third-order valence-corrected chi connectivity index (χ3v) is 7.60. The van der Waals surface area contributed by atoms with Crippen LogP contribution in [0.3, 0.4) is 0 Å². The van der Waals surface area contributed by atoms with Gasteiger partial charge in [-0.3, -0.25) is 9.89 Å². The van der Waals surface area contributed by atoms with Gasteiger partial charge < -0.3 is 10.1 Å². The first-order valence-corrected chi connectivity index (χ1v) is 12.0. The topological polar surface area (TPSA) is 104 Å². The van der Waals surface area contributed by atoms with E-state index in [1.54, 1.807) is 25.1 Å². The van der Waals surface area contributed by atoms with Gasteiger partial charge in [0.1, 0.15) is 10.6 Å². The molecule has 0 bridgehead atoms. The first-order chi connectivity index (χ1) is 14.5. The Balaban J connectivity index is 1.59. The standard InChI is InChI=1S/C20H22N4O4S2/c1-2-28-17-8-7-14(12-19(17)30(26,27)24-9-3-4-10-24)21-20(25)16-13-15(22-23-16)18-6-5-11-29-18/h5-8,11-13H,2-4,9-10H2,1H3,(H,21,25)(H,22,23). The predicted octanol–water partition coefficient (Wildman–Crippen LogP) is 3.57. The number of carbonyl (C=O) groups excluding carboxylic acids is 1. The van der Waals surface area contributed by atoms with Gasteiger partial charge in [0.15, 0.2) is 5.69 Å². The summed E-state index contributed by atoms with van der Waals surface area (Å²) >= 11 is 1.54. The van der Waals surface area contributed by atoms with Crippen LogP contribution in [-0.4, -0.2) is 48.5 Å². The summed E-state index contributed by atoms with van der Waals surface area (Å²) in [5.41, 5.74) is 1.33. The second-order valence-electron chi connectivity index (χ2n) is 6.80. The van der Waals surface area contributed by atoms with Crippen LogP contribution in [0.15, 0.2) is 46.7 Å². The molecule has 1 aromatic carbocycles. The monoisotopic (exact) mass is 446 g/mol. The molecular formula is C20H22N4O4S2. The summed E-state index contributed by atoms with van der Waals surface area (Å²) in [5, 5.41) is 11.6. The maximum absolute atomic E-state index is 13.1. The molecule has 0 atom stereocenters. The normalized spacial score (nSPS) is 14.7. The van der Waals surface area contributed by atoms with Gasteiger partial charge in [-0.1, -0.05) is 6.07 Å². The molecule has 1 aliphatic rings. The minimum Gasteiger partial charge on any atom is -0.492 e. The van der Waals surface area contributed by atoms with Crippen LogP contribution in [0.5, 0.6) is 5.75 Å². The van der Waals surface area contributed by atoms with Crippen molar-refractivity contribution in [2.45, 2.75) is 24.7 Å². The van der Waals surface area contributed by atoms with Gasteiger partial charge in [0, 0.05) is 18.8 Å². The smallest absolute Gasteiger partial charge is 0.276 e. The highest BCUT2D eigenvalue weighted by Gasteiger charge is 2.30. The quantitative estimate of drug-likeness (QED) is 0.577. The number of hydrogen-bond acceptors (Lipinski definition) is 6. The molecule has 4 rings (SSSR count). The second kappa shape index (κ2) is 8.58. The third kappa shape index (κ3) is 4.11. The van der Waals surface area contributed by atoms with E-state index in [0.717, 1.165) is 23.4 Å². The van der Waals surface area contributed by atoms with E-state index in [2.05, 4.69) is 15.5 Å². The van der Waals surface area contributed by atoms with Crippen molar-refractivity contribution >= 4 is 33.0 Å². The van der Waals surface area contributed by atoms with E-state index in [1.807, 2.05) is 17.5 Å². The molecule has 30 heavy (non-hydrogen) atoms. The summed E-state index contributed by atoms with van der Waals surface area (Å²) < 4.78 is 33.2. The lowest BCUT2D eigenvalue weighted by Crippen LogP contribution is -2.28. The number of H-pyrrole nitrogens is 1. The molecule has 3 heterocycles. The molecule has 158 valence electrons. The average molecular weight is 447 g/mol. The fourth-order valence-corrected chi connectivity index (χ4v) is 5.69. The van der Waals surface area contributed by atoms with Gasteiger partial charge in [-0.2, -0.15) is 9.40 Å². The average Bonchev–Trinajstić information content (AvgIpc) is 3.51. The molecule has 0 aliphatic carbocycles. The Bertz CT molecular complexity index is 1130. The number of aromatic amines is 1. The highest BCUT2D eigenvalue weighted by atomic mass is 32.2. The number of nitrogens with one attached hydrogen (secondary N) is 2. The van der Waals surface area contributed by atoms with Crippen molar-refractivity contribution in [1.82, 2.24) is 14.5 Å². The van der Waals surface area contributed by atoms with E-state index >= 15 is 0 Å². The van der Waals surface area contributed by atoms with E-state index in [-0.39, 0.29) is 16.3 Å². The Hall–Kier alpha value is -2.69. The molecule has 1 saturated heterocycles. The van der Waals surface area contributed by atoms with Gasteiger partial charge in [0.05, 0.1) is 17.2 Å². The van der Waals surface area contributed by atoms with E-state index in [4.69, 9.17) is 4.74 Å². The Kier molecular flexibility index (Phi) is 5.89. The zero-order valence-electron chi connectivity index (χ0n) is 16.4. The van der Waals surface area contributed by atoms with Crippen molar-refractivity contribution in [2.24, 2.45) is 0 Å². The molecule has 0 radical (unpaired) electrons. The second-order valence-corrected chi connectivity index (χ2v) is 9.66. The van der Waals surface area contributed by atoms with Crippen molar-refractivity contribution in [1.29, 1.82) is 0 Å². The van der Waals surface area contributed by atoms with Crippen molar-refractivity contribution in [3.8, 4) is 16.3 Å². The molecule has 1 amide bonds. The lowest BCUT2D eigenvalue weighted by atomic mass is 10.2. The molecule has 0 spiro atoms. The number of ether oxygens (including phenoxy) is 1. The Morgan fingerprint density at radius 1 is 1.27 bits per heavy atom. The van der Waals surface area contributed by atoms with Gasteiger partial charge in [-0.25, -0.2) is 8.42 Å². The van der Waals surface area contributed by atoms with Crippen molar-refractivity contribution in [3.05, 3.63) is 47.5 Å². The van der Waals surface area contributed by atoms with Crippen LogP contribution in [0, 0.1) is 0 Å². The molecule has 2 N–H and O–H groups in total. The third-order valence-electron chi connectivity index (χ3n) is 4.78. The number of hydrogen-bond donors (Lipinski definition) is 2. The number of benzene rings is 1. The molecule has 1 aliphatic heterocycles. The number of thiophene rings is 1. The number of rotatable bonds is 7. The molecular weight excluding hydrogens is 424 g/mol. The van der Waals surface area contributed by atoms with Crippen molar-refractivity contribution in [3.63, 3.8) is 0 Å². The largest absolute Gasteiger partial charge is 0.492 e. The zero-order valence-corrected chi connectivity index (χ0v) is 18.1. The minimum absolute atomic E-state index is 0.0605. The van der Waals surface area contributed by atoms with Crippen LogP contribution in [0.4, 0.5) is 5.69 Å². The maximum atomic E-state index is 13.1. The minimum atomic E-state index is -3.70. The van der Waals surface area contributed by atoms with Crippen molar-refractivity contribution < 1.29 is 17.9 Å². The zero-order chi connectivity index (χ0) is 21.1. The Labute approximate surface area is 178 Å². The predicted molar refractivity (Wildman–Crippen MR) is 115 cm³/mol. The van der Waals surface area contributed by atoms with Crippen molar-refractivity contribution in [2.75, 3.05) is 25.0 Å². The van der Waals surface area contributed by atoms with Crippen LogP contribution in [0.1, 0.15) is 30.3 Å². The number of amides is 1. The summed E-state index contributed by atoms with van der Waals surface area (Å²) in [5.74, 6) is -0.148. The fraction of sp³-hybridized carbons (Fsp3) is 0.300.